The number of carbonyl (C=O) groups excluding carboxylic acids is 2. The monoisotopic (exact) mass is 412 g/mol. The van der Waals surface area contributed by atoms with E-state index >= 15 is 0 Å². The van der Waals surface area contributed by atoms with Crippen molar-refractivity contribution in [1.29, 1.82) is 0 Å². The molecule has 0 fully saturated rings. The number of hydrogen-bond donors (Lipinski definition) is 1. The highest BCUT2D eigenvalue weighted by molar-refractivity contribution is 6.30. The second-order valence-corrected chi connectivity index (χ2v) is 5.58. The summed E-state index contributed by atoms with van der Waals surface area (Å²) in [7, 11) is 1.30. The fourth-order valence-electron chi connectivity index (χ4n) is 1.96. The number of methoxy groups -OCH3 is 1. The quantitative estimate of drug-likeness (QED) is 0.527. The summed E-state index contributed by atoms with van der Waals surface area (Å²) in [5.41, 5.74) is 0.477. The first-order valence-electron chi connectivity index (χ1n) is 7.76. The van der Waals surface area contributed by atoms with Crippen LogP contribution >= 0.6 is 11.6 Å². The van der Waals surface area contributed by atoms with Gasteiger partial charge in [0.15, 0.2) is 18.1 Å². The zero-order valence-corrected chi connectivity index (χ0v) is 15.3. The van der Waals surface area contributed by atoms with Gasteiger partial charge in [-0.3, -0.25) is 4.79 Å². The maximum atomic E-state index is 12.3. The van der Waals surface area contributed by atoms with Crippen LogP contribution in [0.1, 0.15) is 5.56 Å². The summed E-state index contributed by atoms with van der Waals surface area (Å²) in [4.78, 5) is 27.3. The van der Waals surface area contributed by atoms with E-state index in [0.29, 0.717) is 10.6 Å². The Kier molecular flexibility index (Phi) is 7.70. The molecule has 2 rings (SSSR count). The Morgan fingerprint density at radius 1 is 1.25 bits per heavy atom. The summed E-state index contributed by atoms with van der Waals surface area (Å²) in [6, 6.07) is 7.17. The number of esters is 1. The second kappa shape index (κ2) is 10.2. The third-order valence-electron chi connectivity index (χ3n) is 3.16. The van der Waals surface area contributed by atoms with Crippen LogP contribution in [0.15, 0.2) is 42.6 Å². The molecule has 0 spiro atoms. The lowest BCUT2D eigenvalue weighted by Gasteiger charge is -2.10. The van der Waals surface area contributed by atoms with Crippen LogP contribution in [-0.2, 0) is 14.3 Å². The van der Waals surface area contributed by atoms with Crippen molar-refractivity contribution >= 4 is 35.4 Å². The zero-order valence-electron chi connectivity index (χ0n) is 14.5. The number of carbonyl (C=O) groups is 2. The Bertz CT molecular complexity index is 860. The van der Waals surface area contributed by atoms with E-state index in [-0.39, 0.29) is 17.3 Å². The number of aromatic nitrogens is 1. The van der Waals surface area contributed by atoms with Crippen molar-refractivity contribution in [2.24, 2.45) is 0 Å². The van der Waals surface area contributed by atoms with E-state index in [0.717, 1.165) is 6.08 Å². The van der Waals surface area contributed by atoms with E-state index in [1.165, 1.54) is 43.6 Å². The smallest absolute Gasteiger partial charge is 0.387 e. The molecule has 0 saturated carbocycles. The van der Waals surface area contributed by atoms with Gasteiger partial charge in [0.25, 0.3) is 5.91 Å². The minimum Gasteiger partial charge on any atom is -0.493 e. The van der Waals surface area contributed by atoms with Crippen LogP contribution in [0.4, 0.5) is 14.6 Å². The molecule has 0 aliphatic heterocycles. The summed E-state index contributed by atoms with van der Waals surface area (Å²) < 4.78 is 38.7. The highest BCUT2D eigenvalue weighted by atomic mass is 35.5. The highest BCUT2D eigenvalue weighted by Crippen LogP contribution is 2.29. The Hall–Kier alpha value is -3.20. The fourth-order valence-corrected chi connectivity index (χ4v) is 2.07. The average Bonchev–Trinajstić information content (AvgIpc) is 2.67. The third-order valence-corrected chi connectivity index (χ3v) is 3.38. The van der Waals surface area contributed by atoms with Gasteiger partial charge >= 0.3 is 12.6 Å². The molecule has 0 unspecified atom stereocenters. The van der Waals surface area contributed by atoms with E-state index in [1.54, 1.807) is 6.07 Å². The van der Waals surface area contributed by atoms with Crippen LogP contribution in [-0.4, -0.2) is 37.2 Å². The van der Waals surface area contributed by atoms with Crippen molar-refractivity contribution < 1.29 is 32.6 Å². The first-order chi connectivity index (χ1) is 13.4. The van der Waals surface area contributed by atoms with Gasteiger partial charge in [0.2, 0.25) is 0 Å². The number of hydrogen-bond acceptors (Lipinski definition) is 6. The molecule has 148 valence electrons. The van der Waals surface area contributed by atoms with Gasteiger partial charge < -0.3 is 19.5 Å². The van der Waals surface area contributed by atoms with Crippen molar-refractivity contribution in [3.05, 3.63) is 53.2 Å². The summed E-state index contributed by atoms with van der Waals surface area (Å²) >= 11 is 5.69. The lowest BCUT2D eigenvalue weighted by molar-refractivity contribution is -0.142. The molecule has 2 aromatic rings. The van der Waals surface area contributed by atoms with Crippen molar-refractivity contribution in [3.8, 4) is 11.5 Å². The predicted molar refractivity (Wildman–Crippen MR) is 97.5 cm³/mol. The first-order valence-corrected chi connectivity index (χ1v) is 8.14. The van der Waals surface area contributed by atoms with E-state index in [9.17, 15) is 18.4 Å². The Balaban J connectivity index is 1.87. The van der Waals surface area contributed by atoms with Crippen molar-refractivity contribution in [1.82, 2.24) is 4.98 Å². The van der Waals surface area contributed by atoms with Crippen LogP contribution in [0.2, 0.25) is 5.02 Å². The molecule has 0 aliphatic rings. The molecule has 0 radical (unpaired) electrons. The van der Waals surface area contributed by atoms with Gasteiger partial charge in [-0.15, -0.1) is 0 Å². The second-order valence-electron chi connectivity index (χ2n) is 5.14. The number of halogens is 3. The van der Waals surface area contributed by atoms with Crippen LogP contribution in [0.5, 0.6) is 11.5 Å². The van der Waals surface area contributed by atoms with Crippen molar-refractivity contribution in [3.63, 3.8) is 0 Å². The van der Waals surface area contributed by atoms with E-state index in [2.05, 4.69) is 15.0 Å². The van der Waals surface area contributed by atoms with Crippen LogP contribution in [0.25, 0.3) is 6.08 Å². The molecule has 1 heterocycles. The molecule has 7 nitrogen and oxygen atoms in total. The molecule has 10 heteroatoms. The Morgan fingerprint density at radius 3 is 2.68 bits per heavy atom. The van der Waals surface area contributed by atoms with Crippen LogP contribution < -0.4 is 14.8 Å². The zero-order chi connectivity index (χ0) is 20.5. The number of anilines is 1. The number of ether oxygens (including phenoxy) is 3. The third kappa shape index (κ3) is 6.84. The molecule has 0 atom stereocenters. The lowest BCUT2D eigenvalue weighted by atomic mass is 10.2. The van der Waals surface area contributed by atoms with Crippen molar-refractivity contribution in [2.75, 3.05) is 19.0 Å². The normalized spacial score (nSPS) is 10.8. The Labute approximate surface area is 163 Å². The molecule has 1 aromatic carbocycles. The SMILES string of the molecule is COc1cc(/C=C/C(=O)OCC(=O)Nc2ccc(Cl)cn2)ccc1OC(F)F. The number of pyridine rings is 1. The maximum absolute atomic E-state index is 12.3. The largest absolute Gasteiger partial charge is 0.493 e. The first kappa shape index (κ1) is 21.1. The number of alkyl halides is 2. The molecule has 28 heavy (non-hydrogen) atoms. The van der Waals surface area contributed by atoms with Gasteiger partial charge in [-0.2, -0.15) is 8.78 Å². The number of benzene rings is 1. The van der Waals surface area contributed by atoms with Crippen LogP contribution in [0, 0.1) is 0 Å². The van der Waals surface area contributed by atoms with E-state index in [1.807, 2.05) is 0 Å². The van der Waals surface area contributed by atoms with Crippen molar-refractivity contribution in [2.45, 2.75) is 6.61 Å². The molecule has 0 saturated heterocycles. The number of amides is 1. The van der Waals surface area contributed by atoms with Gasteiger partial charge in [-0.1, -0.05) is 17.7 Å². The van der Waals surface area contributed by atoms with Crippen LogP contribution in [0.3, 0.4) is 0 Å². The lowest BCUT2D eigenvalue weighted by Crippen LogP contribution is -2.20. The maximum Gasteiger partial charge on any atom is 0.387 e. The molecule has 0 aliphatic carbocycles. The minimum absolute atomic E-state index is 0.0747. The van der Waals surface area contributed by atoms with E-state index < -0.39 is 25.1 Å². The fraction of sp³-hybridized carbons (Fsp3) is 0.167. The Morgan fingerprint density at radius 2 is 2.04 bits per heavy atom. The molecule has 1 aromatic heterocycles. The van der Waals surface area contributed by atoms with Gasteiger partial charge in [0.05, 0.1) is 12.1 Å². The summed E-state index contributed by atoms with van der Waals surface area (Å²) in [5.74, 6) is -1.15. The number of rotatable bonds is 8. The number of nitrogens with one attached hydrogen (secondary N) is 1. The minimum atomic E-state index is -2.99. The molecular formula is C18H15ClF2N2O5. The summed E-state index contributed by atoms with van der Waals surface area (Å²) in [6.45, 7) is -3.50. The van der Waals surface area contributed by atoms with Gasteiger partial charge in [0.1, 0.15) is 5.82 Å². The predicted octanol–water partition coefficient (Wildman–Crippen LogP) is 3.54. The average molecular weight is 413 g/mol. The molecular weight excluding hydrogens is 398 g/mol. The topological polar surface area (TPSA) is 86.8 Å². The number of nitrogens with zero attached hydrogens (tertiary/aromatic N) is 1. The van der Waals surface area contributed by atoms with E-state index in [4.69, 9.17) is 21.1 Å². The van der Waals surface area contributed by atoms with Gasteiger partial charge in [0, 0.05) is 12.3 Å². The summed E-state index contributed by atoms with van der Waals surface area (Å²) in [6.07, 6.45) is 3.81. The highest BCUT2D eigenvalue weighted by Gasteiger charge is 2.11. The molecule has 1 N–H and O–H groups in total. The summed E-state index contributed by atoms with van der Waals surface area (Å²) in [5, 5.41) is 2.85. The molecule has 0 bridgehead atoms. The van der Waals surface area contributed by atoms with Gasteiger partial charge in [-0.05, 0) is 35.9 Å². The molecule has 1 amide bonds. The standard InChI is InChI=1S/C18H15ClF2N2O5/c1-26-14-8-11(2-5-13(14)28-18(20)21)3-7-17(25)27-10-16(24)23-15-6-4-12(19)9-22-15/h2-9,18H,10H2,1H3,(H,22,23,24)/b7-3+. The van der Waals surface area contributed by atoms with Gasteiger partial charge in [-0.25, -0.2) is 9.78 Å².